The van der Waals surface area contributed by atoms with E-state index in [0.717, 1.165) is 5.56 Å². The summed E-state index contributed by atoms with van der Waals surface area (Å²) in [5.41, 5.74) is 1.92. The molecule has 1 amide bonds. The van der Waals surface area contributed by atoms with Gasteiger partial charge in [-0.3, -0.25) is 9.59 Å². The Hall–Kier alpha value is -3.64. The molecule has 0 bridgehead atoms. The van der Waals surface area contributed by atoms with Gasteiger partial charge in [0.2, 0.25) is 0 Å². The second-order valence-corrected chi connectivity index (χ2v) is 8.23. The summed E-state index contributed by atoms with van der Waals surface area (Å²) in [6.45, 7) is 1.70. The SMILES string of the molecule is COc1ccc(CN2C(=O)C(=O)/C(=C(\O)c3ccc(F)c(C)c3)C2c2ccc(Cl)cc2)cc1. The molecule has 0 aliphatic carbocycles. The average Bonchev–Trinajstić information content (AvgIpc) is 3.06. The number of methoxy groups -OCH3 is 1. The summed E-state index contributed by atoms with van der Waals surface area (Å²) in [6.07, 6.45) is 0. The number of hydrogen-bond donors (Lipinski definition) is 1. The van der Waals surface area contributed by atoms with Crippen molar-refractivity contribution >= 4 is 29.1 Å². The number of ketones is 1. The molecule has 1 atom stereocenters. The Kier molecular flexibility index (Phi) is 6.20. The fourth-order valence-electron chi connectivity index (χ4n) is 3.91. The minimum absolute atomic E-state index is 0.0538. The van der Waals surface area contributed by atoms with Crippen molar-refractivity contribution in [2.45, 2.75) is 19.5 Å². The molecule has 5 nitrogen and oxygen atoms in total. The van der Waals surface area contributed by atoms with Crippen LogP contribution < -0.4 is 4.74 Å². The van der Waals surface area contributed by atoms with Gasteiger partial charge in [0.25, 0.3) is 11.7 Å². The van der Waals surface area contributed by atoms with Crippen molar-refractivity contribution < 1.29 is 23.8 Å². The number of aliphatic hydroxyl groups is 1. The summed E-state index contributed by atoms with van der Waals surface area (Å²) >= 11 is 6.04. The molecule has 0 saturated carbocycles. The van der Waals surface area contributed by atoms with Gasteiger partial charge < -0.3 is 14.7 Å². The third-order valence-corrected chi connectivity index (χ3v) is 5.92. The van der Waals surface area contributed by atoms with Gasteiger partial charge in [0.1, 0.15) is 17.3 Å². The van der Waals surface area contributed by atoms with Crippen LogP contribution in [0.25, 0.3) is 5.76 Å². The lowest BCUT2D eigenvalue weighted by Gasteiger charge is -2.25. The lowest BCUT2D eigenvalue weighted by molar-refractivity contribution is -0.140. The Labute approximate surface area is 195 Å². The number of aryl methyl sites for hydroxylation is 1. The molecule has 0 aromatic heterocycles. The van der Waals surface area contributed by atoms with E-state index in [2.05, 4.69) is 0 Å². The van der Waals surface area contributed by atoms with Gasteiger partial charge >= 0.3 is 0 Å². The highest BCUT2D eigenvalue weighted by Gasteiger charge is 2.46. The Morgan fingerprint density at radius 1 is 1.06 bits per heavy atom. The number of aliphatic hydroxyl groups excluding tert-OH is 1. The van der Waals surface area contributed by atoms with Crippen LogP contribution >= 0.6 is 11.6 Å². The molecular weight excluding hydrogens is 445 g/mol. The molecule has 0 spiro atoms. The zero-order valence-electron chi connectivity index (χ0n) is 18.0. The van der Waals surface area contributed by atoms with E-state index in [-0.39, 0.29) is 23.4 Å². The molecule has 1 aliphatic heterocycles. The van der Waals surface area contributed by atoms with E-state index in [9.17, 15) is 19.1 Å². The van der Waals surface area contributed by atoms with Crippen molar-refractivity contribution in [3.63, 3.8) is 0 Å². The number of amides is 1. The lowest BCUT2D eigenvalue weighted by atomic mass is 9.94. The Bertz CT molecular complexity index is 1250. The van der Waals surface area contributed by atoms with Crippen molar-refractivity contribution in [3.8, 4) is 5.75 Å². The number of ether oxygens (including phenoxy) is 1. The number of carbonyl (C=O) groups is 2. The first-order valence-corrected chi connectivity index (χ1v) is 10.6. The van der Waals surface area contributed by atoms with Crippen LogP contribution in [0.2, 0.25) is 5.02 Å². The molecule has 3 aromatic carbocycles. The first-order chi connectivity index (χ1) is 15.8. The molecule has 1 saturated heterocycles. The summed E-state index contributed by atoms with van der Waals surface area (Å²) in [6, 6.07) is 17.1. The maximum absolute atomic E-state index is 13.8. The second kappa shape index (κ2) is 9.08. The van der Waals surface area contributed by atoms with Gasteiger partial charge in [-0.15, -0.1) is 0 Å². The summed E-state index contributed by atoms with van der Waals surface area (Å²) in [5, 5.41) is 11.6. The van der Waals surface area contributed by atoms with Crippen LogP contribution in [0.4, 0.5) is 4.39 Å². The molecule has 168 valence electrons. The largest absolute Gasteiger partial charge is 0.507 e. The minimum Gasteiger partial charge on any atom is -0.507 e. The molecule has 1 N–H and O–H groups in total. The molecule has 4 rings (SSSR count). The summed E-state index contributed by atoms with van der Waals surface area (Å²) in [5.74, 6) is -1.65. The van der Waals surface area contributed by atoms with Crippen molar-refractivity contribution in [1.82, 2.24) is 4.90 Å². The zero-order valence-corrected chi connectivity index (χ0v) is 18.8. The first-order valence-electron chi connectivity index (χ1n) is 10.2. The number of nitrogens with zero attached hydrogens (tertiary/aromatic N) is 1. The fraction of sp³-hybridized carbons (Fsp3) is 0.154. The summed E-state index contributed by atoms with van der Waals surface area (Å²) in [7, 11) is 1.56. The topological polar surface area (TPSA) is 66.8 Å². The van der Waals surface area contributed by atoms with E-state index in [1.165, 1.54) is 23.1 Å². The number of hydrogen-bond acceptors (Lipinski definition) is 4. The van der Waals surface area contributed by atoms with Gasteiger partial charge in [-0.1, -0.05) is 35.9 Å². The molecule has 1 heterocycles. The predicted molar refractivity (Wildman–Crippen MR) is 123 cm³/mol. The van der Waals surface area contributed by atoms with Crippen LogP contribution in [0.3, 0.4) is 0 Å². The molecule has 1 unspecified atom stereocenters. The van der Waals surface area contributed by atoms with E-state index in [1.54, 1.807) is 62.6 Å². The molecule has 1 aliphatic rings. The molecule has 7 heteroatoms. The van der Waals surface area contributed by atoms with E-state index >= 15 is 0 Å². The number of carbonyl (C=O) groups excluding carboxylic acids is 2. The lowest BCUT2D eigenvalue weighted by Crippen LogP contribution is -2.29. The highest BCUT2D eigenvalue weighted by molar-refractivity contribution is 6.46. The number of Topliss-reactive ketones (excluding diaryl/α,β-unsaturated/α-hetero) is 1. The quantitative estimate of drug-likeness (QED) is 0.310. The van der Waals surface area contributed by atoms with Crippen LogP contribution in [0.15, 0.2) is 72.3 Å². The zero-order chi connectivity index (χ0) is 23.7. The van der Waals surface area contributed by atoms with E-state index in [1.807, 2.05) is 0 Å². The molecule has 0 radical (unpaired) electrons. The number of halogens is 2. The third-order valence-electron chi connectivity index (χ3n) is 5.67. The van der Waals surface area contributed by atoms with Crippen LogP contribution in [-0.2, 0) is 16.1 Å². The van der Waals surface area contributed by atoms with Gasteiger partial charge in [-0.05, 0) is 66.1 Å². The van der Waals surface area contributed by atoms with Crippen molar-refractivity contribution in [3.05, 3.63) is 105 Å². The average molecular weight is 466 g/mol. The summed E-state index contributed by atoms with van der Waals surface area (Å²) in [4.78, 5) is 27.6. The maximum Gasteiger partial charge on any atom is 0.295 e. The molecular formula is C26H21ClFNO4. The van der Waals surface area contributed by atoms with Crippen LogP contribution in [0.1, 0.15) is 28.3 Å². The molecule has 33 heavy (non-hydrogen) atoms. The maximum atomic E-state index is 13.8. The Balaban J connectivity index is 1.83. The number of likely N-dealkylation sites (tertiary alicyclic amines) is 1. The van der Waals surface area contributed by atoms with E-state index in [0.29, 0.717) is 21.9 Å². The fourth-order valence-corrected chi connectivity index (χ4v) is 4.04. The van der Waals surface area contributed by atoms with Crippen LogP contribution in [0.5, 0.6) is 5.75 Å². The summed E-state index contributed by atoms with van der Waals surface area (Å²) < 4.78 is 18.9. The number of benzene rings is 3. The number of rotatable bonds is 5. The highest BCUT2D eigenvalue weighted by atomic mass is 35.5. The van der Waals surface area contributed by atoms with E-state index in [4.69, 9.17) is 16.3 Å². The third kappa shape index (κ3) is 4.34. The standard InChI is InChI=1S/C26H21ClFNO4/c1-15-13-18(7-12-21(15)28)24(30)22-23(17-5-8-19(27)9-6-17)29(26(32)25(22)31)14-16-3-10-20(33-2)11-4-16/h3-13,23,30H,14H2,1-2H3/b24-22-. The smallest absolute Gasteiger partial charge is 0.295 e. The van der Waals surface area contributed by atoms with Gasteiger partial charge in [0.05, 0.1) is 18.7 Å². The minimum atomic E-state index is -0.838. The van der Waals surface area contributed by atoms with E-state index < -0.39 is 23.5 Å². The second-order valence-electron chi connectivity index (χ2n) is 7.79. The highest BCUT2D eigenvalue weighted by Crippen LogP contribution is 2.40. The van der Waals surface area contributed by atoms with Crippen molar-refractivity contribution in [2.75, 3.05) is 7.11 Å². The molecule has 1 fully saturated rings. The van der Waals surface area contributed by atoms with Gasteiger partial charge in [-0.25, -0.2) is 4.39 Å². The first kappa shape index (κ1) is 22.6. The normalized spacial score (nSPS) is 17.5. The van der Waals surface area contributed by atoms with Crippen molar-refractivity contribution in [2.24, 2.45) is 0 Å². The van der Waals surface area contributed by atoms with Gasteiger partial charge in [-0.2, -0.15) is 0 Å². The Morgan fingerprint density at radius 3 is 2.33 bits per heavy atom. The van der Waals surface area contributed by atoms with Crippen LogP contribution in [-0.4, -0.2) is 28.8 Å². The monoisotopic (exact) mass is 465 g/mol. The Morgan fingerprint density at radius 2 is 1.73 bits per heavy atom. The van der Waals surface area contributed by atoms with Crippen molar-refractivity contribution in [1.29, 1.82) is 0 Å². The van der Waals surface area contributed by atoms with Crippen LogP contribution in [0, 0.1) is 12.7 Å². The predicted octanol–water partition coefficient (Wildman–Crippen LogP) is 5.42. The van der Waals surface area contributed by atoms with Gasteiger partial charge in [0, 0.05) is 17.1 Å². The molecule has 3 aromatic rings. The van der Waals surface area contributed by atoms with Gasteiger partial charge in [0.15, 0.2) is 0 Å².